The average molecular weight is 547 g/mol. The van der Waals surface area contributed by atoms with E-state index in [-0.39, 0.29) is 23.5 Å². The first kappa shape index (κ1) is 27.0. The molecule has 10 heteroatoms. The molecule has 214 valence electrons. The number of nitrogens with one attached hydrogen (secondary N) is 1. The first-order valence-corrected chi connectivity index (χ1v) is 14.6. The van der Waals surface area contributed by atoms with Gasteiger partial charge in [-0.3, -0.25) is 9.47 Å². The Morgan fingerprint density at radius 1 is 1.15 bits per heavy atom. The minimum absolute atomic E-state index is 0.0258. The number of H-pyrrole nitrogens is 1. The third kappa shape index (κ3) is 5.14. The lowest BCUT2D eigenvalue weighted by molar-refractivity contribution is -0.0393. The van der Waals surface area contributed by atoms with Crippen molar-refractivity contribution in [2.75, 3.05) is 12.3 Å². The van der Waals surface area contributed by atoms with E-state index in [1.165, 1.54) is 19.2 Å². The maximum Gasteiger partial charge on any atom is 0.167 e. The minimum Gasteiger partial charge on any atom is -0.506 e. The summed E-state index contributed by atoms with van der Waals surface area (Å²) in [5.74, 6) is 2.32. The molecular formula is C30H42N8O2. The van der Waals surface area contributed by atoms with Gasteiger partial charge in [0.1, 0.15) is 35.2 Å². The van der Waals surface area contributed by atoms with Crippen LogP contribution in [-0.2, 0) is 16.6 Å². The van der Waals surface area contributed by atoms with Gasteiger partial charge in [0, 0.05) is 25.0 Å². The standard InChI is InChI=1S/C30H42N8O2/c1-17(2)37(14-21-7-9-25(40-21)38-16-34-27-28(31)32-15-33-29(27)38)20-10-18(11-20)6-8-24-35-22-12-19(30(3,4)5)13-23(39)26(22)36-24/h12-13,15-18,20-21,25,39H,6-11,14H2,1-5H3,(H,35,36)(H2,31,32,33). The van der Waals surface area contributed by atoms with Gasteiger partial charge in [-0.1, -0.05) is 20.8 Å². The van der Waals surface area contributed by atoms with Gasteiger partial charge in [0.15, 0.2) is 11.5 Å². The van der Waals surface area contributed by atoms with E-state index < -0.39 is 0 Å². The molecule has 0 amide bonds. The fourth-order valence-corrected chi connectivity index (χ4v) is 6.37. The van der Waals surface area contributed by atoms with Crippen molar-refractivity contribution in [3.63, 3.8) is 0 Å². The Morgan fingerprint density at radius 2 is 1.95 bits per heavy atom. The number of phenols is 1. The van der Waals surface area contributed by atoms with Crippen LogP contribution in [0.4, 0.5) is 5.82 Å². The van der Waals surface area contributed by atoms with Crippen molar-refractivity contribution < 1.29 is 9.84 Å². The molecule has 4 aromatic rings. The van der Waals surface area contributed by atoms with E-state index in [1.807, 2.05) is 10.6 Å². The zero-order valence-corrected chi connectivity index (χ0v) is 24.3. The minimum atomic E-state index is -0.0739. The Labute approximate surface area is 235 Å². The summed E-state index contributed by atoms with van der Waals surface area (Å²) in [4.78, 5) is 23.6. The van der Waals surface area contributed by atoms with Crippen molar-refractivity contribution in [1.82, 2.24) is 34.4 Å². The number of ether oxygens (including phenoxy) is 1. The van der Waals surface area contributed by atoms with Crippen LogP contribution in [-0.4, -0.2) is 64.2 Å². The number of rotatable bonds is 8. The summed E-state index contributed by atoms with van der Waals surface area (Å²) in [6.07, 6.45) is 9.73. The molecule has 6 rings (SSSR count). The largest absolute Gasteiger partial charge is 0.506 e. The normalized spacial score (nSPS) is 23.6. The third-order valence-corrected chi connectivity index (χ3v) is 8.81. The van der Waals surface area contributed by atoms with Crippen LogP contribution in [0.1, 0.15) is 84.3 Å². The van der Waals surface area contributed by atoms with Crippen molar-refractivity contribution in [3.8, 4) is 5.75 Å². The highest BCUT2D eigenvalue weighted by Crippen LogP contribution is 2.38. The number of aryl methyl sites for hydroxylation is 1. The second-order valence-corrected chi connectivity index (χ2v) is 13.0. The predicted molar refractivity (Wildman–Crippen MR) is 156 cm³/mol. The van der Waals surface area contributed by atoms with Crippen molar-refractivity contribution in [2.45, 2.75) is 103 Å². The highest BCUT2D eigenvalue weighted by atomic mass is 16.5. The number of aromatic amines is 1. The summed E-state index contributed by atoms with van der Waals surface area (Å²) in [5, 5.41) is 10.5. The number of aromatic hydroxyl groups is 1. The molecular weight excluding hydrogens is 504 g/mol. The van der Waals surface area contributed by atoms with Gasteiger partial charge in [0.05, 0.1) is 17.9 Å². The van der Waals surface area contributed by atoms with Crippen LogP contribution in [0, 0.1) is 5.92 Å². The van der Waals surface area contributed by atoms with E-state index in [0.29, 0.717) is 34.9 Å². The summed E-state index contributed by atoms with van der Waals surface area (Å²) < 4.78 is 8.49. The van der Waals surface area contributed by atoms with E-state index in [2.05, 4.69) is 65.5 Å². The molecule has 1 aliphatic carbocycles. The average Bonchev–Trinajstić information content (AvgIpc) is 3.60. The number of hydrogen-bond donors (Lipinski definition) is 3. The number of anilines is 1. The maximum absolute atomic E-state index is 10.5. The predicted octanol–water partition coefficient (Wildman–Crippen LogP) is 5.09. The number of phenolic OH excluding ortho intramolecular Hbond substituents is 1. The van der Waals surface area contributed by atoms with Gasteiger partial charge in [0.2, 0.25) is 0 Å². The van der Waals surface area contributed by atoms with Crippen LogP contribution in [0.2, 0.25) is 0 Å². The van der Waals surface area contributed by atoms with Crippen molar-refractivity contribution >= 4 is 28.0 Å². The molecule has 0 bridgehead atoms. The molecule has 1 aromatic carbocycles. The van der Waals surface area contributed by atoms with Crippen LogP contribution in [0.25, 0.3) is 22.2 Å². The number of nitrogens with zero attached hydrogens (tertiary/aromatic N) is 6. The molecule has 0 radical (unpaired) electrons. The molecule has 10 nitrogen and oxygen atoms in total. The second-order valence-electron chi connectivity index (χ2n) is 13.0. The molecule has 40 heavy (non-hydrogen) atoms. The number of hydrogen-bond acceptors (Lipinski definition) is 8. The number of imidazole rings is 2. The second kappa shape index (κ2) is 10.3. The van der Waals surface area contributed by atoms with E-state index in [1.54, 1.807) is 6.33 Å². The molecule has 2 unspecified atom stereocenters. The van der Waals surface area contributed by atoms with Gasteiger partial charge < -0.3 is 20.6 Å². The molecule has 4 heterocycles. The Bertz CT molecular complexity index is 1500. The Balaban J connectivity index is 1.03. The van der Waals surface area contributed by atoms with Crippen molar-refractivity contribution in [3.05, 3.63) is 36.2 Å². The Hall–Kier alpha value is -3.24. The highest BCUT2D eigenvalue weighted by molar-refractivity contribution is 5.83. The molecule has 2 fully saturated rings. The van der Waals surface area contributed by atoms with Crippen LogP contribution in [0.15, 0.2) is 24.8 Å². The Morgan fingerprint density at radius 3 is 2.70 bits per heavy atom. The van der Waals surface area contributed by atoms with Gasteiger partial charge >= 0.3 is 0 Å². The lowest BCUT2D eigenvalue weighted by Gasteiger charge is -2.46. The van der Waals surface area contributed by atoms with E-state index >= 15 is 0 Å². The van der Waals surface area contributed by atoms with Crippen LogP contribution >= 0.6 is 0 Å². The maximum atomic E-state index is 10.5. The number of aromatic nitrogens is 6. The summed E-state index contributed by atoms with van der Waals surface area (Å²) in [6, 6.07) is 5.02. The topological polar surface area (TPSA) is 131 Å². The van der Waals surface area contributed by atoms with Crippen LogP contribution < -0.4 is 5.73 Å². The summed E-state index contributed by atoms with van der Waals surface area (Å²) in [7, 11) is 0. The number of benzene rings is 1. The van der Waals surface area contributed by atoms with Crippen LogP contribution in [0.3, 0.4) is 0 Å². The summed E-state index contributed by atoms with van der Waals surface area (Å²) >= 11 is 0. The van der Waals surface area contributed by atoms with Crippen LogP contribution in [0.5, 0.6) is 5.75 Å². The quantitative estimate of drug-likeness (QED) is 0.279. The van der Waals surface area contributed by atoms with Crippen molar-refractivity contribution in [2.24, 2.45) is 5.92 Å². The lowest BCUT2D eigenvalue weighted by Crippen LogP contribution is -2.50. The fraction of sp³-hybridized carbons (Fsp3) is 0.600. The summed E-state index contributed by atoms with van der Waals surface area (Å²) in [5.41, 5.74) is 10.0. The lowest BCUT2D eigenvalue weighted by atomic mass is 9.76. The molecule has 4 N–H and O–H groups in total. The van der Waals surface area contributed by atoms with Gasteiger partial charge in [-0.15, -0.1) is 0 Å². The Kier molecular flexibility index (Phi) is 6.94. The molecule has 0 spiro atoms. The van der Waals surface area contributed by atoms with Gasteiger partial charge in [-0.2, -0.15) is 0 Å². The smallest absolute Gasteiger partial charge is 0.167 e. The summed E-state index contributed by atoms with van der Waals surface area (Å²) in [6.45, 7) is 12.0. The first-order valence-electron chi connectivity index (χ1n) is 14.6. The highest BCUT2D eigenvalue weighted by Gasteiger charge is 2.37. The SMILES string of the molecule is CC(C)N(CC1CCC(n2cnc3c(N)ncnc32)O1)C1CC(CCc2nc3c(O)cc(C(C)(C)C)cc3[nH]2)C1. The molecule has 3 aromatic heterocycles. The van der Waals surface area contributed by atoms with E-state index in [9.17, 15) is 5.11 Å². The first-order chi connectivity index (χ1) is 19.1. The number of nitrogens with two attached hydrogens (primary N) is 1. The zero-order chi connectivity index (χ0) is 28.2. The third-order valence-electron chi connectivity index (χ3n) is 8.81. The fourth-order valence-electron chi connectivity index (χ4n) is 6.37. The monoisotopic (exact) mass is 546 g/mol. The number of nitrogen functional groups attached to an aromatic ring is 1. The zero-order valence-electron chi connectivity index (χ0n) is 24.3. The number of fused-ring (bicyclic) bond motifs is 2. The van der Waals surface area contributed by atoms with Gasteiger partial charge in [-0.25, -0.2) is 19.9 Å². The van der Waals surface area contributed by atoms with Gasteiger partial charge in [-0.05, 0) is 75.0 Å². The van der Waals surface area contributed by atoms with Crippen molar-refractivity contribution in [1.29, 1.82) is 0 Å². The molecule has 2 atom stereocenters. The molecule has 1 saturated heterocycles. The van der Waals surface area contributed by atoms with E-state index in [4.69, 9.17) is 15.5 Å². The molecule has 2 aliphatic rings. The molecule has 1 saturated carbocycles. The van der Waals surface area contributed by atoms with Gasteiger partial charge in [0.25, 0.3) is 0 Å². The molecule has 1 aliphatic heterocycles. The van der Waals surface area contributed by atoms with E-state index in [0.717, 1.165) is 54.8 Å².